The molecule has 108 valence electrons. The van der Waals surface area contributed by atoms with Crippen molar-refractivity contribution in [3.63, 3.8) is 0 Å². The van der Waals surface area contributed by atoms with E-state index < -0.39 is 0 Å². The lowest BCUT2D eigenvalue weighted by molar-refractivity contribution is 0.115. The standard InChI is InChI=1S/C15H21N3OS/c1-12-3-4-15(20-12)9-17-6-13(10-19-2)7-18-11-16-5-14(18)8-17/h3-5,11,13H,6-10H2,1-2H3/t13-/m1/s1. The maximum absolute atomic E-state index is 5.37. The number of hydrogen-bond donors (Lipinski definition) is 0. The Balaban J connectivity index is 1.76. The average Bonchev–Trinajstić information content (AvgIpc) is 2.96. The molecule has 2 aromatic rings. The molecule has 0 saturated carbocycles. The van der Waals surface area contributed by atoms with E-state index in [4.69, 9.17) is 4.74 Å². The van der Waals surface area contributed by atoms with E-state index in [1.54, 1.807) is 7.11 Å². The number of nitrogens with zero attached hydrogens (tertiary/aromatic N) is 3. The third kappa shape index (κ3) is 3.11. The highest BCUT2D eigenvalue weighted by Gasteiger charge is 2.22. The molecule has 20 heavy (non-hydrogen) atoms. The van der Waals surface area contributed by atoms with Gasteiger partial charge in [0.25, 0.3) is 0 Å². The largest absolute Gasteiger partial charge is 0.384 e. The number of ether oxygens (including phenoxy) is 1. The summed E-state index contributed by atoms with van der Waals surface area (Å²) < 4.78 is 7.64. The number of fused-ring (bicyclic) bond motifs is 1. The van der Waals surface area contributed by atoms with E-state index in [0.717, 1.165) is 32.8 Å². The van der Waals surface area contributed by atoms with Crippen LogP contribution in [0.4, 0.5) is 0 Å². The summed E-state index contributed by atoms with van der Waals surface area (Å²) in [5, 5.41) is 0. The van der Waals surface area contributed by atoms with Gasteiger partial charge in [-0.1, -0.05) is 0 Å². The summed E-state index contributed by atoms with van der Waals surface area (Å²) in [6.45, 7) is 7.04. The normalized spacial score (nSPS) is 19.8. The third-order valence-corrected chi connectivity index (χ3v) is 4.72. The van der Waals surface area contributed by atoms with E-state index in [0.29, 0.717) is 5.92 Å². The predicted octanol–water partition coefficient (Wildman–Crippen LogP) is 2.53. The molecule has 0 spiro atoms. The monoisotopic (exact) mass is 291 g/mol. The van der Waals surface area contributed by atoms with Crippen LogP contribution in [0.15, 0.2) is 24.7 Å². The van der Waals surface area contributed by atoms with Gasteiger partial charge in [0.1, 0.15) is 0 Å². The van der Waals surface area contributed by atoms with Crippen LogP contribution < -0.4 is 0 Å². The van der Waals surface area contributed by atoms with Crippen LogP contribution in [-0.4, -0.2) is 34.7 Å². The molecule has 0 radical (unpaired) electrons. The minimum absolute atomic E-state index is 0.525. The zero-order chi connectivity index (χ0) is 13.9. The topological polar surface area (TPSA) is 30.3 Å². The molecule has 3 rings (SSSR count). The van der Waals surface area contributed by atoms with Gasteiger partial charge in [0, 0.05) is 55.2 Å². The Kier molecular flexibility index (Phi) is 4.19. The molecule has 1 aliphatic rings. The van der Waals surface area contributed by atoms with Crippen LogP contribution in [0.1, 0.15) is 15.4 Å². The van der Waals surface area contributed by atoms with Gasteiger partial charge >= 0.3 is 0 Å². The molecule has 0 unspecified atom stereocenters. The van der Waals surface area contributed by atoms with Crippen molar-refractivity contribution >= 4 is 11.3 Å². The number of hydrogen-bond acceptors (Lipinski definition) is 4. The molecular formula is C15H21N3OS. The number of methoxy groups -OCH3 is 1. The summed E-state index contributed by atoms with van der Waals surface area (Å²) in [6, 6.07) is 4.45. The van der Waals surface area contributed by atoms with E-state index >= 15 is 0 Å². The zero-order valence-corrected chi connectivity index (χ0v) is 12.9. The molecule has 0 aliphatic carbocycles. The number of aromatic nitrogens is 2. The first-order valence-electron chi connectivity index (χ1n) is 7.00. The first kappa shape index (κ1) is 13.8. The van der Waals surface area contributed by atoms with Gasteiger partial charge in [-0.2, -0.15) is 0 Å². The highest BCUT2D eigenvalue weighted by Crippen LogP contribution is 2.22. The Morgan fingerprint density at radius 3 is 3.05 bits per heavy atom. The molecule has 1 atom stereocenters. The molecule has 0 bridgehead atoms. The quantitative estimate of drug-likeness (QED) is 0.867. The fourth-order valence-electron chi connectivity index (χ4n) is 2.89. The number of imidazole rings is 1. The molecule has 0 amide bonds. The Bertz CT molecular complexity index is 563. The van der Waals surface area contributed by atoms with Crippen molar-refractivity contribution in [2.24, 2.45) is 5.92 Å². The summed E-state index contributed by atoms with van der Waals surface area (Å²) >= 11 is 1.89. The summed E-state index contributed by atoms with van der Waals surface area (Å²) in [7, 11) is 1.78. The van der Waals surface area contributed by atoms with Gasteiger partial charge in [0.2, 0.25) is 0 Å². The fourth-order valence-corrected chi connectivity index (χ4v) is 3.82. The van der Waals surface area contributed by atoms with Gasteiger partial charge in [0.15, 0.2) is 0 Å². The Hall–Kier alpha value is -1.17. The number of rotatable bonds is 4. The minimum atomic E-state index is 0.525. The summed E-state index contributed by atoms with van der Waals surface area (Å²) in [4.78, 5) is 9.61. The Labute approximate surface area is 124 Å². The van der Waals surface area contributed by atoms with Crippen molar-refractivity contribution < 1.29 is 4.74 Å². The van der Waals surface area contributed by atoms with Crippen LogP contribution in [-0.2, 0) is 24.4 Å². The molecule has 1 aliphatic heterocycles. The van der Waals surface area contributed by atoms with Gasteiger partial charge in [-0.15, -0.1) is 11.3 Å². The van der Waals surface area contributed by atoms with Crippen LogP contribution in [0.5, 0.6) is 0 Å². The lowest BCUT2D eigenvalue weighted by Crippen LogP contribution is -2.29. The highest BCUT2D eigenvalue weighted by atomic mass is 32.1. The molecule has 2 aromatic heterocycles. The predicted molar refractivity (Wildman–Crippen MR) is 80.8 cm³/mol. The van der Waals surface area contributed by atoms with Crippen molar-refractivity contribution in [2.75, 3.05) is 20.3 Å². The average molecular weight is 291 g/mol. The maximum Gasteiger partial charge on any atom is 0.0948 e. The van der Waals surface area contributed by atoms with Gasteiger partial charge in [-0.05, 0) is 19.1 Å². The van der Waals surface area contributed by atoms with Crippen molar-refractivity contribution in [3.05, 3.63) is 40.1 Å². The lowest BCUT2D eigenvalue weighted by atomic mass is 10.1. The Morgan fingerprint density at radius 1 is 1.40 bits per heavy atom. The third-order valence-electron chi connectivity index (χ3n) is 3.73. The molecule has 3 heterocycles. The second-order valence-corrected chi connectivity index (χ2v) is 6.91. The van der Waals surface area contributed by atoms with Crippen LogP contribution in [0.25, 0.3) is 0 Å². The lowest BCUT2D eigenvalue weighted by Gasteiger charge is -2.22. The van der Waals surface area contributed by atoms with Crippen LogP contribution in [0.3, 0.4) is 0 Å². The molecule has 0 saturated heterocycles. The molecular weight excluding hydrogens is 270 g/mol. The first-order chi connectivity index (χ1) is 9.74. The smallest absolute Gasteiger partial charge is 0.0948 e. The van der Waals surface area contributed by atoms with Gasteiger partial charge in [0.05, 0.1) is 18.6 Å². The second-order valence-electron chi connectivity index (χ2n) is 5.54. The van der Waals surface area contributed by atoms with E-state index in [9.17, 15) is 0 Å². The number of thiophene rings is 1. The molecule has 0 N–H and O–H groups in total. The summed E-state index contributed by atoms with van der Waals surface area (Å²) in [5.41, 5.74) is 1.30. The molecule has 4 nitrogen and oxygen atoms in total. The van der Waals surface area contributed by atoms with E-state index in [1.807, 2.05) is 23.9 Å². The van der Waals surface area contributed by atoms with E-state index in [2.05, 4.69) is 33.5 Å². The van der Waals surface area contributed by atoms with Crippen molar-refractivity contribution in [2.45, 2.75) is 26.6 Å². The van der Waals surface area contributed by atoms with Gasteiger partial charge < -0.3 is 9.30 Å². The van der Waals surface area contributed by atoms with Crippen molar-refractivity contribution in [1.82, 2.24) is 14.5 Å². The maximum atomic E-state index is 5.37. The van der Waals surface area contributed by atoms with Gasteiger partial charge in [-0.3, -0.25) is 4.90 Å². The summed E-state index contributed by atoms with van der Waals surface area (Å²) in [5.74, 6) is 0.525. The van der Waals surface area contributed by atoms with Gasteiger partial charge in [-0.25, -0.2) is 4.98 Å². The Morgan fingerprint density at radius 2 is 2.30 bits per heavy atom. The molecule has 5 heteroatoms. The SMILES string of the molecule is COC[C@@H]1CN(Cc2ccc(C)s2)Cc2cncn2C1. The van der Waals surface area contributed by atoms with E-state index in [1.165, 1.54) is 15.4 Å². The van der Waals surface area contributed by atoms with Crippen LogP contribution in [0.2, 0.25) is 0 Å². The highest BCUT2D eigenvalue weighted by molar-refractivity contribution is 7.11. The first-order valence-corrected chi connectivity index (χ1v) is 7.82. The van der Waals surface area contributed by atoms with Crippen LogP contribution in [0, 0.1) is 12.8 Å². The fraction of sp³-hybridized carbons (Fsp3) is 0.533. The minimum Gasteiger partial charge on any atom is -0.384 e. The second kappa shape index (κ2) is 6.08. The van der Waals surface area contributed by atoms with Crippen LogP contribution >= 0.6 is 11.3 Å². The summed E-state index contributed by atoms with van der Waals surface area (Å²) in [6.07, 6.45) is 3.93. The number of aryl methyl sites for hydroxylation is 1. The van der Waals surface area contributed by atoms with Crippen molar-refractivity contribution in [1.29, 1.82) is 0 Å². The van der Waals surface area contributed by atoms with Crippen molar-refractivity contribution in [3.8, 4) is 0 Å². The van der Waals surface area contributed by atoms with E-state index in [-0.39, 0.29) is 0 Å². The molecule has 0 fully saturated rings. The zero-order valence-electron chi connectivity index (χ0n) is 12.1. The molecule has 0 aromatic carbocycles.